The van der Waals surface area contributed by atoms with Gasteiger partial charge in [-0.2, -0.15) is 5.10 Å². The lowest BCUT2D eigenvalue weighted by Gasteiger charge is -2.22. The molecule has 1 aliphatic heterocycles. The van der Waals surface area contributed by atoms with Gasteiger partial charge in [0.05, 0.1) is 35.6 Å². The van der Waals surface area contributed by atoms with Crippen LogP contribution in [0, 0.1) is 5.92 Å². The van der Waals surface area contributed by atoms with E-state index in [4.69, 9.17) is 9.47 Å². The Hall–Kier alpha value is -0.430. The number of aliphatic hydroxyl groups is 1. The van der Waals surface area contributed by atoms with Gasteiger partial charge in [-0.05, 0) is 28.3 Å². The summed E-state index contributed by atoms with van der Waals surface area (Å²) in [6, 6.07) is 0. The Kier molecular flexibility index (Phi) is 4.77. The van der Waals surface area contributed by atoms with Crippen molar-refractivity contribution in [1.82, 2.24) is 9.78 Å². The largest absolute Gasteiger partial charge is 0.384 e. The first kappa shape index (κ1) is 14.0. The molecule has 1 aromatic rings. The van der Waals surface area contributed by atoms with Crippen LogP contribution in [0.25, 0.3) is 0 Å². The van der Waals surface area contributed by atoms with Gasteiger partial charge >= 0.3 is 0 Å². The van der Waals surface area contributed by atoms with Crippen molar-refractivity contribution in [1.29, 1.82) is 0 Å². The zero-order valence-corrected chi connectivity index (χ0v) is 12.3. The average Bonchev–Trinajstić information content (AvgIpc) is 2.92. The molecule has 1 aromatic heterocycles. The van der Waals surface area contributed by atoms with Crippen molar-refractivity contribution in [2.24, 2.45) is 5.92 Å². The van der Waals surface area contributed by atoms with Crippen LogP contribution in [0.2, 0.25) is 0 Å². The fraction of sp³-hybridized carbons (Fsp3) is 0.750. The Morgan fingerprint density at radius 3 is 3.11 bits per heavy atom. The van der Waals surface area contributed by atoms with Gasteiger partial charge < -0.3 is 14.6 Å². The van der Waals surface area contributed by atoms with E-state index in [1.165, 1.54) is 0 Å². The van der Waals surface area contributed by atoms with Crippen LogP contribution in [0.5, 0.6) is 0 Å². The van der Waals surface area contributed by atoms with E-state index in [9.17, 15) is 5.11 Å². The smallest absolute Gasteiger partial charge is 0.123 e. The molecule has 1 fully saturated rings. The maximum absolute atomic E-state index is 10.5. The van der Waals surface area contributed by atoms with Crippen molar-refractivity contribution in [3.05, 3.63) is 16.4 Å². The summed E-state index contributed by atoms with van der Waals surface area (Å²) < 4.78 is 13.3. The second-order valence-corrected chi connectivity index (χ2v) is 5.49. The number of hydrogen-bond donors (Lipinski definition) is 1. The van der Waals surface area contributed by atoms with Gasteiger partial charge in [-0.1, -0.05) is 6.92 Å². The molecule has 1 N–H and O–H groups in total. The van der Waals surface area contributed by atoms with Gasteiger partial charge in [-0.15, -0.1) is 0 Å². The van der Waals surface area contributed by atoms with E-state index in [0.29, 0.717) is 25.7 Å². The molecule has 0 radical (unpaired) electrons. The predicted octanol–water partition coefficient (Wildman–Crippen LogP) is 1.75. The molecular formula is C12H19BrN2O3. The molecular weight excluding hydrogens is 300 g/mol. The molecule has 0 saturated carbocycles. The number of aliphatic hydroxyl groups excluding tert-OH is 1. The summed E-state index contributed by atoms with van der Waals surface area (Å²) in [5, 5.41) is 14.7. The monoisotopic (exact) mass is 318 g/mol. The number of halogens is 1. The number of nitrogens with zero attached hydrogens (tertiary/aromatic N) is 2. The van der Waals surface area contributed by atoms with Gasteiger partial charge in [0.2, 0.25) is 0 Å². The minimum Gasteiger partial charge on any atom is -0.384 e. The molecule has 3 atom stereocenters. The third-order valence-corrected chi connectivity index (χ3v) is 3.99. The van der Waals surface area contributed by atoms with E-state index in [1.807, 2.05) is 0 Å². The molecule has 0 amide bonds. The number of aromatic nitrogens is 2. The molecule has 2 heterocycles. The number of rotatable bonds is 5. The molecule has 6 heteroatoms. The van der Waals surface area contributed by atoms with Crippen LogP contribution in [0.3, 0.4) is 0 Å². The standard InChI is InChI=1S/C12H19BrN2O3/c1-8-3-5-18-12(8)11(16)10-9(13)7-14-15(10)4-6-17-2/h7-8,11-12,16H,3-6H2,1-2H3. The lowest BCUT2D eigenvalue weighted by molar-refractivity contribution is -0.0227. The molecule has 2 rings (SSSR count). The van der Waals surface area contributed by atoms with E-state index in [1.54, 1.807) is 18.0 Å². The average molecular weight is 319 g/mol. The highest BCUT2D eigenvalue weighted by Gasteiger charge is 2.34. The summed E-state index contributed by atoms with van der Waals surface area (Å²) in [6.45, 7) is 4.00. The molecule has 1 saturated heterocycles. The van der Waals surface area contributed by atoms with Crippen LogP contribution in [-0.2, 0) is 16.0 Å². The summed E-state index contributed by atoms with van der Waals surface area (Å²) in [5.41, 5.74) is 0.769. The zero-order valence-electron chi connectivity index (χ0n) is 10.7. The minimum atomic E-state index is -0.656. The summed E-state index contributed by atoms with van der Waals surface area (Å²) in [4.78, 5) is 0. The lowest BCUT2D eigenvalue weighted by atomic mass is 9.97. The van der Waals surface area contributed by atoms with Crippen molar-refractivity contribution in [2.75, 3.05) is 20.3 Å². The molecule has 0 aromatic carbocycles. The van der Waals surface area contributed by atoms with Crippen LogP contribution in [0.4, 0.5) is 0 Å². The van der Waals surface area contributed by atoms with E-state index in [-0.39, 0.29) is 6.10 Å². The minimum absolute atomic E-state index is 0.153. The fourth-order valence-electron chi connectivity index (χ4n) is 2.30. The predicted molar refractivity (Wildman–Crippen MR) is 70.3 cm³/mol. The van der Waals surface area contributed by atoms with Crippen LogP contribution in [-0.4, -0.2) is 41.3 Å². The number of hydrogen-bond acceptors (Lipinski definition) is 4. The number of ether oxygens (including phenoxy) is 2. The van der Waals surface area contributed by atoms with Gasteiger partial charge in [0, 0.05) is 13.7 Å². The van der Waals surface area contributed by atoms with Gasteiger partial charge in [0.15, 0.2) is 0 Å². The first-order chi connectivity index (χ1) is 8.65. The third-order valence-electron chi connectivity index (χ3n) is 3.38. The molecule has 5 nitrogen and oxygen atoms in total. The van der Waals surface area contributed by atoms with Crippen molar-refractivity contribution < 1.29 is 14.6 Å². The molecule has 0 aliphatic carbocycles. The van der Waals surface area contributed by atoms with E-state index in [2.05, 4.69) is 28.0 Å². The molecule has 0 spiro atoms. The van der Waals surface area contributed by atoms with Crippen molar-refractivity contribution in [3.63, 3.8) is 0 Å². The first-order valence-corrected chi connectivity index (χ1v) is 6.94. The van der Waals surface area contributed by atoms with E-state index >= 15 is 0 Å². The SMILES string of the molecule is COCCn1ncc(Br)c1C(O)C1OCCC1C. The summed E-state index contributed by atoms with van der Waals surface area (Å²) in [5.74, 6) is 0.359. The van der Waals surface area contributed by atoms with Crippen molar-refractivity contribution >= 4 is 15.9 Å². The second kappa shape index (κ2) is 6.14. The fourth-order valence-corrected chi connectivity index (χ4v) is 2.83. The Bertz CT molecular complexity index is 397. The van der Waals surface area contributed by atoms with Crippen molar-refractivity contribution in [2.45, 2.75) is 32.1 Å². The van der Waals surface area contributed by atoms with Gasteiger partial charge in [0.1, 0.15) is 6.10 Å². The molecule has 3 unspecified atom stereocenters. The Labute approximate surface area is 115 Å². The third kappa shape index (κ3) is 2.77. The highest BCUT2D eigenvalue weighted by atomic mass is 79.9. The normalized spacial score (nSPS) is 25.6. The second-order valence-electron chi connectivity index (χ2n) is 4.64. The van der Waals surface area contributed by atoms with Gasteiger partial charge in [0.25, 0.3) is 0 Å². The Morgan fingerprint density at radius 2 is 2.50 bits per heavy atom. The highest BCUT2D eigenvalue weighted by molar-refractivity contribution is 9.10. The van der Waals surface area contributed by atoms with Crippen LogP contribution in [0.15, 0.2) is 10.7 Å². The maximum atomic E-state index is 10.5. The molecule has 18 heavy (non-hydrogen) atoms. The number of methoxy groups -OCH3 is 1. The Morgan fingerprint density at radius 1 is 1.72 bits per heavy atom. The van der Waals surface area contributed by atoms with Crippen LogP contribution >= 0.6 is 15.9 Å². The van der Waals surface area contributed by atoms with Crippen molar-refractivity contribution in [3.8, 4) is 0 Å². The Balaban J connectivity index is 2.17. The topological polar surface area (TPSA) is 56.5 Å². The molecule has 102 valence electrons. The summed E-state index contributed by atoms with van der Waals surface area (Å²) in [7, 11) is 1.65. The first-order valence-electron chi connectivity index (χ1n) is 6.15. The quantitative estimate of drug-likeness (QED) is 0.898. The summed E-state index contributed by atoms with van der Waals surface area (Å²) >= 11 is 3.44. The van der Waals surface area contributed by atoms with Gasteiger partial charge in [-0.3, -0.25) is 4.68 Å². The highest BCUT2D eigenvalue weighted by Crippen LogP contribution is 2.34. The van der Waals surface area contributed by atoms with E-state index < -0.39 is 6.10 Å². The summed E-state index contributed by atoms with van der Waals surface area (Å²) in [6.07, 6.45) is 1.88. The molecule has 0 bridgehead atoms. The lowest BCUT2D eigenvalue weighted by Crippen LogP contribution is -2.26. The van der Waals surface area contributed by atoms with Crippen LogP contribution < -0.4 is 0 Å². The van der Waals surface area contributed by atoms with Gasteiger partial charge in [-0.25, -0.2) is 0 Å². The van der Waals surface area contributed by atoms with Crippen LogP contribution in [0.1, 0.15) is 25.1 Å². The zero-order chi connectivity index (χ0) is 13.1. The molecule has 1 aliphatic rings. The maximum Gasteiger partial charge on any atom is 0.123 e. The van der Waals surface area contributed by atoms with E-state index in [0.717, 1.165) is 16.6 Å².